The fourth-order valence-electron chi connectivity index (χ4n) is 2.88. The van der Waals surface area contributed by atoms with Crippen molar-refractivity contribution in [3.63, 3.8) is 0 Å². The summed E-state index contributed by atoms with van der Waals surface area (Å²) in [5, 5.41) is 4.05. The second-order valence-electron chi connectivity index (χ2n) is 6.30. The van der Waals surface area contributed by atoms with Gasteiger partial charge in [0.05, 0.1) is 23.9 Å². The summed E-state index contributed by atoms with van der Waals surface area (Å²) in [6.45, 7) is 0. The van der Waals surface area contributed by atoms with Crippen molar-refractivity contribution in [1.29, 1.82) is 0 Å². The predicted octanol–water partition coefficient (Wildman–Crippen LogP) is 5.05. The van der Waals surface area contributed by atoms with Gasteiger partial charge in [-0.2, -0.15) is 13.2 Å². The van der Waals surface area contributed by atoms with Gasteiger partial charge in [-0.15, -0.1) is 0 Å². The van der Waals surface area contributed by atoms with Gasteiger partial charge in [0, 0.05) is 23.0 Å². The molecule has 4 aromatic rings. The Morgan fingerprint density at radius 2 is 1.87 bits per heavy atom. The molecular weight excluding hydrogens is 437 g/mol. The van der Waals surface area contributed by atoms with Crippen molar-refractivity contribution in [3.05, 3.63) is 71.5 Å². The van der Waals surface area contributed by atoms with E-state index in [9.17, 15) is 18.0 Å². The predicted molar refractivity (Wildman–Crippen MR) is 104 cm³/mol. The van der Waals surface area contributed by atoms with E-state index in [1.54, 1.807) is 0 Å². The SMILES string of the molecule is COC(=O)c1ccc(-n2cnc(-c3c(-c4ccc(Cl)cc4)noc3C(F)(F)F)c2)nc1. The van der Waals surface area contributed by atoms with Crippen LogP contribution in [0.25, 0.3) is 28.3 Å². The fraction of sp³-hybridized carbons (Fsp3) is 0.100. The van der Waals surface area contributed by atoms with Crippen LogP contribution in [0, 0.1) is 0 Å². The molecule has 4 rings (SSSR count). The molecule has 0 spiro atoms. The molecule has 0 aliphatic heterocycles. The minimum atomic E-state index is -4.78. The standard InChI is InChI=1S/C20H12ClF3N4O3/c1-30-19(29)12-4-7-15(25-8-12)28-9-14(26-10-28)16-17(11-2-5-13(21)6-3-11)27-31-18(16)20(22,23)24/h2-10H,1H3. The zero-order chi connectivity index (χ0) is 22.2. The number of carbonyl (C=O) groups is 1. The van der Waals surface area contributed by atoms with Crippen LogP contribution in [0.5, 0.6) is 0 Å². The fourth-order valence-corrected chi connectivity index (χ4v) is 3.01. The number of hydrogen-bond donors (Lipinski definition) is 0. The van der Waals surface area contributed by atoms with Gasteiger partial charge in [0.1, 0.15) is 17.8 Å². The highest BCUT2D eigenvalue weighted by Gasteiger charge is 2.41. The number of aromatic nitrogens is 4. The topological polar surface area (TPSA) is 83.0 Å². The molecular formula is C20H12ClF3N4O3. The van der Waals surface area contributed by atoms with Gasteiger partial charge in [0.2, 0.25) is 5.76 Å². The Labute approximate surface area is 178 Å². The van der Waals surface area contributed by atoms with Gasteiger partial charge in [-0.25, -0.2) is 14.8 Å². The first kappa shape index (κ1) is 20.6. The van der Waals surface area contributed by atoms with E-state index in [4.69, 9.17) is 11.6 Å². The summed E-state index contributed by atoms with van der Waals surface area (Å²) < 4.78 is 51.4. The molecule has 0 aliphatic carbocycles. The van der Waals surface area contributed by atoms with Gasteiger partial charge in [-0.05, 0) is 24.3 Å². The minimum absolute atomic E-state index is 0.0163. The van der Waals surface area contributed by atoms with Crippen LogP contribution in [0.3, 0.4) is 0 Å². The Hall–Kier alpha value is -3.66. The monoisotopic (exact) mass is 448 g/mol. The molecule has 158 valence electrons. The summed E-state index contributed by atoms with van der Waals surface area (Å²) in [5.74, 6) is -1.49. The number of nitrogens with zero attached hydrogens (tertiary/aromatic N) is 4. The molecule has 0 saturated heterocycles. The van der Waals surface area contributed by atoms with Crippen molar-refractivity contribution in [3.8, 4) is 28.3 Å². The first-order valence-corrected chi connectivity index (χ1v) is 9.07. The number of pyridine rings is 1. The molecule has 0 atom stereocenters. The zero-order valence-electron chi connectivity index (χ0n) is 15.7. The third-order valence-corrected chi connectivity index (χ3v) is 4.59. The second-order valence-corrected chi connectivity index (χ2v) is 6.74. The van der Waals surface area contributed by atoms with Crippen LogP contribution in [0.1, 0.15) is 16.1 Å². The molecule has 0 bridgehead atoms. The lowest BCUT2D eigenvalue weighted by Crippen LogP contribution is -2.05. The van der Waals surface area contributed by atoms with Crippen molar-refractivity contribution in [2.24, 2.45) is 0 Å². The van der Waals surface area contributed by atoms with E-state index < -0.39 is 17.9 Å². The first-order valence-electron chi connectivity index (χ1n) is 8.70. The lowest BCUT2D eigenvalue weighted by molar-refractivity contribution is -0.154. The van der Waals surface area contributed by atoms with Crippen LogP contribution in [0.2, 0.25) is 5.02 Å². The zero-order valence-corrected chi connectivity index (χ0v) is 16.5. The minimum Gasteiger partial charge on any atom is -0.465 e. The number of imidazole rings is 1. The Morgan fingerprint density at radius 3 is 2.48 bits per heavy atom. The van der Waals surface area contributed by atoms with E-state index in [0.29, 0.717) is 16.4 Å². The van der Waals surface area contributed by atoms with E-state index in [-0.39, 0.29) is 22.5 Å². The Morgan fingerprint density at radius 1 is 1.13 bits per heavy atom. The van der Waals surface area contributed by atoms with E-state index in [0.717, 1.165) is 0 Å². The molecule has 3 aromatic heterocycles. The average molecular weight is 449 g/mol. The summed E-state index contributed by atoms with van der Waals surface area (Å²) in [4.78, 5) is 19.7. The van der Waals surface area contributed by atoms with Crippen molar-refractivity contribution >= 4 is 17.6 Å². The molecule has 0 saturated carbocycles. The van der Waals surface area contributed by atoms with Crippen molar-refractivity contribution < 1.29 is 27.2 Å². The summed E-state index contributed by atoms with van der Waals surface area (Å²) in [6, 6.07) is 9.13. The van der Waals surface area contributed by atoms with Gasteiger partial charge >= 0.3 is 12.1 Å². The molecule has 7 nitrogen and oxygen atoms in total. The van der Waals surface area contributed by atoms with Gasteiger partial charge in [0.25, 0.3) is 0 Å². The molecule has 31 heavy (non-hydrogen) atoms. The molecule has 0 fully saturated rings. The maximum absolute atomic E-state index is 13.6. The van der Waals surface area contributed by atoms with Gasteiger partial charge in [0.15, 0.2) is 0 Å². The molecule has 0 unspecified atom stereocenters. The summed E-state index contributed by atoms with van der Waals surface area (Å²) in [5.41, 5.74) is 0.268. The Bertz CT molecular complexity index is 1230. The van der Waals surface area contributed by atoms with Crippen LogP contribution in [0.15, 0.2) is 59.6 Å². The quantitative estimate of drug-likeness (QED) is 0.406. The first-order chi connectivity index (χ1) is 14.8. The average Bonchev–Trinajstić information content (AvgIpc) is 3.41. The number of carbonyl (C=O) groups excluding carboxylic acids is 1. The van der Waals surface area contributed by atoms with E-state index >= 15 is 0 Å². The molecule has 0 aliphatic rings. The third-order valence-electron chi connectivity index (χ3n) is 4.34. The van der Waals surface area contributed by atoms with Crippen molar-refractivity contribution in [2.45, 2.75) is 6.18 Å². The molecule has 0 radical (unpaired) electrons. The molecule has 0 amide bonds. The van der Waals surface area contributed by atoms with Crippen LogP contribution in [-0.2, 0) is 10.9 Å². The molecule has 3 heterocycles. The van der Waals surface area contributed by atoms with Gasteiger partial charge in [-0.3, -0.25) is 4.57 Å². The van der Waals surface area contributed by atoms with Crippen LogP contribution < -0.4 is 0 Å². The summed E-state index contributed by atoms with van der Waals surface area (Å²) in [7, 11) is 1.24. The highest BCUT2D eigenvalue weighted by molar-refractivity contribution is 6.30. The number of ether oxygens (including phenoxy) is 1. The van der Waals surface area contributed by atoms with Crippen LogP contribution >= 0.6 is 11.6 Å². The summed E-state index contributed by atoms with van der Waals surface area (Å²) in [6.07, 6.45) is -0.826. The molecule has 0 N–H and O–H groups in total. The van der Waals surface area contributed by atoms with Crippen molar-refractivity contribution in [1.82, 2.24) is 19.7 Å². The smallest absolute Gasteiger partial charge is 0.453 e. The number of hydrogen-bond acceptors (Lipinski definition) is 6. The van der Waals surface area contributed by atoms with E-state index in [2.05, 4.69) is 24.4 Å². The van der Waals surface area contributed by atoms with E-state index in [1.807, 2.05) is 0 Å². The Balaban J connectivity index is 1.78. The van der Waals surface area contributed by atoms with Crippen LogP contribution in [0.4, 0.5) is 13.2 Å². The number of alkyl halides is 3. The number of halogens is 4. The van der Waals surface area contributed by atoms with E-state index in [1.165, 1.54) is 66.8 Å². The maximum atomic E-state index is 13.6. The normalized spacial score (nSPS) is 11.5. The third kappa shape index (κ3) is 4.02. The highest BCUT2D eigenvalue weighted by Crippen LogP contribution is 2.42. The maximum Gasteiger partial charge on any atom is 0.453 e. The van der Waals surface area contributed by atoms with Gasteiger partial charge < -0.3 is 9.26 Å². The second kappa shape index (κ2) is 7.88. The number of benzene rings is 1. The van der Waals surface area contributed by atoms with Crippen molar-refractivity contribution in [2.75, 3.05) is 7.11 Å². The lowest BCUT2D eigenvalue weighted by Gasteiger charge is -2.05. The number of esters is 1. The number of rotatable bonds is 4. The lowest BCUT2D eigenvalue weighted by atomic mass is 10.0. The largest absolute Gasteiger partial charge is 0.465 e. The Kier molecular flexibility index (Phi) is 5.24. The highest BCUT2D eigenvalue weighted by atomic mass is 35.5. The number of methoxy groups -OCH3 is 1. The van der Waals surface area contributed by atoms with Gasteiger partial charge in [-0.1, -0.05) is 28.9 Å². The van der Waals surface area contributed by atoms with Crippen LogP contribution in [-0.4, -0.2) is 32.8 Å². The molecule has 11 heteroatoms. The molecule has 1 aromatic carbocycles. The summed E-state index contributed by atoms with van der Waals surface area (Å²) >= 11 is 5.87.